The van der Waals surface area contributed by atoms with Gasteiger partial charge in [0.05, 0.1) is 12.2 Å². The van der Waals surface area contributed by atoms with Gasteiger partial charge < -0.3 is 0 Å². The van der Waals surface area contributed by atoms with E-state index in [4.69, 9.17) is 17.4 Å². The molecule has 3 N–H and O–H groups in total. The summed E-state index contributed by atoms with van der Waals surface area (Å²) in [6.45, 7) is 1.91. The van der Waals surface area contributed by atoms with Gasteiger partial charge >= 0.3 is 0 Å². The van der Waals surface area contributed by atoms with Crippen LogP contribution >= 0.6 is 11.6 Å². The number of nitrogens with zero attached hydrogens (tertiary/aromatic N) is 1. The molecule has 0 saturated carbocycles. The van der Waals surface area contributed by atoms with Gasteiger partial charge in [-0.15, -0.1) is 0 Å². The Morgan fingerprint density at radius 3 is 2.78 bits per heavy atom. The van der Waals surface area contributed by atoms with Crippen molar-refractivity contribution in [1.29, 1.82) is 0 Å². The first-order valence-corrected chi connectivity index (χ1v) is 5.83. The van der Waals surface area contributed by atoms with Crippen LogP contribution in [0.4, 0.5) is 4.39 Å². The SMILES string of the molecule is Cc1ccc(C(NN)c2ccncc2F)cc1Cl. The molecule has 0 spiro atoms. The fraction of sp³-hybridized carbons (Fsp3) is 0.154. The fourth-order valence-electron chi connectivity index (χ4n) is 1.77. The lowest BCUT2D eigenvalue weighted by Crippen LogP contribution is -2.29. The van der Waals surface area contributed by atoms with Crippen molar-refractivity contribution in [3.63, 3.8) is 0 Å². The fourth-order valence-corrected chi connectivity index (χ4v) is 1.96. The predicted molar refractivity (Wildman–Crippen MR) is 69.6 cm³/mol. The van der Waals surface area contributed by atoms with Crippen molar-refractivity contribution in [2.45, 2.75) is 13.0 Å². The Morgan fingerprint density at radius 1 is 1.39 bits per heavy atom. The highest BCUT2D eigenvalue weighted by Crippen LogP contribution is 2.26. The lowest BCUT2D eigenvalue weighted by Gasteiger charge is -2.18. The molecule has 0 aliphatic rings. The maximum Gasteiger partial charge on any atom is 0.146 e. The third-order valence-corrected chi connectivity index (χ3v) is 3.22. The molecule has 2 aromatic rings. The number of hydrogen-bond donors (Lipinski definition) is 2. The number of aryl methyl sites for hydroxylation is 1. The van der Waals surface area contributed by atoms with E-state index in [1.165, 1.54) is 6.20 Å². The van der Waals surface area contributed by atoms with Crippen LogP contribution in [0.25, 0.3) is 0 Å². The number of hydrazine groups is 1. The second kappa shape index (κ2) is 5.44. The molecule has 5 heteroatoms. The number of hydrogen-bond acceptors (Lipinski definition) is 3. The van der Waals surface area contributed by atoms with Crippen LogP contribution in [-0.2, 0) is 0 Å². The highest BCUT2D eigenvalue weighted by molar-refractivity contribution is 6.31. The molecule has 1 aromatic heterocycles. The number of nitrogens with one attached hydrogen (secondary N) is 1. The molecule has 0 saturated heterocycles. The van der Waals surface area contributed by atoms with E-state index in [9.17, 15) is 4.39 Å². The van der Waals surface area contributed by atoms with Crippen molar-refractivity contribution in [3.8, 4) is 0 Å². The van der Waals surface area contributed by atoms with E-state index >= 15 is 0 Å². The van der Waals surface area contributed by atoms with Crippen LogP contribution in [0.15, 0.2) is 36.7 Å². The van der Waals surface area contributed by atoms with Crippen LogP contribution in [0.3, 0.4) is 0 Å². The standard InChI is InChI=1S/C13H13ClFN3/c1-8-2-3-9(6-11(8)14)13(18-16)10-4-5-17-7-12(10)15/h2-7,13,18H,16H2,1H3. The second-order valence-electron chi connectivity index (χ2n) is 4.01. The Hall–Kier alpha value is -1.49. The van der Waals surface area contributed by atoms with E-state index in [-0.39, 0.29) is 0 Å². The van der Waals surface area contributed by atoms with E-state index in [2.05, 4.69) is 10.4 Å². The van der Waals surface area contributed by atoms with Gasteiger partial charge in [-0.1, -0.05) is 23.7 Å². The van der Waals surface area contributed by atoms with Crippen LogP contribution in [0.2, 0.25) is 5.02 Å². The average Bonchev–Trinajstić information content (AvgIpc) is 2.37. The molecular weight excluding hydrogens is 253 g/mol. The summed E-state index contributed by atoms with van der Waals surface area (Å²) in [5, 5.41) is 0.627. The number of nitrogens with two attached hydrogens (primary N) is 1. The maximum atomic E-state index is 13.7. The lowest BCUT2D eigenvalue weighted by molar-refractivity contribution is 0.555. The summed E-state index contributed by atoms with van der Waals surface area (Å²) in [6.07, 6.45) is 2.69. The smallest absolute Gasteiger partial charge is 0.146 e. The first-order chi connectivity index (χ1) is 8.63. The number of halogens is 2. The molecule has 0 radical (unpaired) electrons. The highest BCUT2D eigenvalue weighted by atomic mass is 35.5. The Bertz CT molecular complexity index is 560. The van der Waals surface area contributed by atoms with Gasteiger partial charge in [-0.25, -0.2) is 9.82 Å². The van der Waals surface area contributed by atoms with Gasteiger partial charge in [0.15, 0.2) is 0 Å². The van der Waals surface area contributed by atoms with Gasteiger partial charge in [-0.3, -0.25) is 10.8 Å². The van der Waals surface area contributed by atoms with Crippen LogP contribution in [0.5, 0.6) is 0 Å². The number of rotatable bonds is 3. The summed E-state index contributed by atoms with van der Waals surface area (Å²) in [7, 11) is 0. The largest absolute Gasteiger partial charge is 0.271 e. The van der Waals surface area contributed by atoms with Gasteiger partial charge in [0.25, 0.3) is 0 Å². The molecule has 1 unspecified atom stereocenters. The lowest BCUT2D eigenvalue weighted by atomic mass is 9.99. The number of benzene rings is 1. The molecule has 0 bridgehead atoms. The molecule has 2 rings (SSSR count). The van der Waals surface area contributed by atoms with Crippen LogP contribution in [0, 0.1) is 12.7 Å². The van der Waals surface area contributed by atoms with Crippen LogP contribution < -0.4 is 11.3 Å². The molecular formula is C13H13ClFN3. The third-order valence-electron chi connectivity index (χ3n) is 2.81. The minimum atomic E-state index is -0.453. The molecule has 1 heterocycles. The van der Waals surface area contributed by atoms with Crippen LogP contribution in [-0.4, -0.2) is 4.98 Å². The zero-order chi connectivity index (χ0) is 13.1. The van der Waals surface area contributed by atoms with E-state index in [1.807, 2.05) is 19.1 Å². The summed E-state index contributed by atoms with van der Waals surface area (Å²) < 4.78 is 13.7. The quantitative estimate of drug-likeness (QED) is 0.663. The Morgan fingerprint density at radius 2 is 2.17 bits per heavy atom. The van der Waals surface area contributed by atoms with Gasteiger partial charge in [0.1, 0.15) is 5.82 Å². The molecule has 0 aliphatic carbocycles. The molecule has 1 atom stereocenters. The van der Waals surface area contributed by atoms with Crippen molar-refractivity contribution < 1.29 is 4.39 Å². The molecule has 1 aromatic carbocycles. The molecule has 94 valence electrons. The minimum absolute atomic E-state index is 0.405. The monoisotopic (exact) mass is 265 g/mol. The van der Waals surface area contributed by atoms with E-state index < -0.39 is 11.9 Å². The van der Waals surface area contributed by atoms with Crippen molar-refractivity contribution >= 4 is 11.6 Å². The van der Waals surface area contributed by atoms with Gasteiger partial charge in [0.2, 0.25) is 0 Å². The third kappa shape index (κ3) is 2.51. The summed E-state index contributed by atoms with van der Waals surface area (Å²) >= 11 is 6.07. The van der Waals surface area contributed by atoms with Gasteiger partial charge in [-0.05, 0) is 30.2 Å². The van der Waals surface area contributed by atoms with E-state index in [0.29, 0.717) is 10.6 Å². The number of pyridine rings is 1. The van der Waals surface area contributed by atoms with E-state index in [0.717, 1.165) is 17.3 Å². The van der Waals surface area contributed by atoms with Gasteiger partial charge in [-0.2, -0.15) is 0 Å². The zero-order valence-corrected chi connectivity index (χ0v) is 10.6. The van der Waals surface area contributed by atoms with Gasteiger partial charge in [0, 0.05) is 16.8 Å². The first-order valence-electron chi connectivity index (χ1n) is 5.45. The molecule has 0 aliphatic heterocycles. The Labute approximate surface area is 110 Å². The predicted octanol–water partition coefficient (Wildman–Crippen LogP) is 2.74. The number of aromatic nitrogens is 1. The molecule has 3 nitrogen and oxygen atoms in total. The van der Waals surface area contributed by atoms with Crippen molar-refractivity contribution in [2.24, 2.45) is 5.84 Å². The molecule has 0 amide bonds. The zero-order valence-electron chi connectivity index (χ0n) is 9.82. The summed E-state index contributed by atoms with van der Waals surface area (Å²) in [5.74, 6) is 5.11. The highest BCUT2D eigenvalue weighted by Gasteiger charge is 2.17. The first kappa shape index (κ1) is 13.0. The van der Waals surface area contributed by atoms with Crippen molar-refractivity contribution in [3.05, 3.63) is 64.2 Å². The second-order valence-corrected chi connectivity index (χ2v) is 4.41. The topological polar surface area (TPSA) is 50.9 Å². The summed E-state index contributed by atoms with van der Waals surface area (Å²) in [5.41, 5.74) is 4.80. The maximum absolute atomic E-state index is 13.7. The Kier molecular flexibility index (Phi) is 3.91. The molecule has 18 heavy (non-hydrogen) atoms. The molecule has 0 fully saturated rings. The Balaban J connectivity index is 2.45. The van der Waals surface area contributed by atoms with E-state index in [1.54, 1.807) is 12.1 Å². The summed E-state index contributed by atoms with van der Waals surface area (Å²) in [4.78, 5) is 3.72. The van der Waals surface area contributed by atoms with Crippen LogP contribution in [0.1, 0.15) is 22.7 Å². The normalized spacial score (nSPS) is 12.4. The minimum Gasteiger partial charge on any atom is -0.271 e. The summed E-state index contributed by atoms with van der Waals surface area (Å²) in [6, 6.07) is 6.66. The van der Waals surface area contributed by atoms with Crippen molar-refractivity contribution in [1.82, 2.24) is 10.4 Å². The average molecular weight is 266 g/mol. The van der Waals surface area contributed by atoms with Crippen molar-refractivity contribution in [2.75, 3.05) is 0 Å².